The van der Waals surface area contributed by atoms with E-state index in [0.29, 0.717) is 12.2 Å². The van der Waals surface area contributed by atoms with Crippen molar-refractivity contribution in [2.24, 2.45) is 0 Å². The van der Waals surface area contributed by atoms with Crippen molar-refractivity contribution in [1.82, 2.24) is 20.3 Å². The second-order valence-corrected chi connectivity index (χ2v) is 6.73. The monoisotopic (exact) mass is 392 g/mol. The number of halogens is 1. The number of nitrogens with one attached hydrogen (secondary N) is 1. The molecule has 0 radical (unpaired) electrons. The van der Waals surface area contributed by atoms with Crippen LogP contribution >= 0.6 is 0 Å². The summed E-state index contributed by atoms with van der Waals surface area (Å²) < 4.78 is 12.9. The lowest BCUT2D eigenvalue weighted by molar-refractivity contribution is 0.0946. The van der Waals surface area contributed by atoms with Gasteiger partial charge in [-0.3, -0.25) is 4.79 Å². The summed E-state index contributed by atoms with van der Waals surface area (Å²) in [4.78, 5) is 29.6. The van der Waals surface area contributed by atoms with Crippen LogP contribution < -0.4 is 15.1 Å². The molecule has 0 saturated carbocycles. The first-order chi connectivity index (χ1) is 14.2. The molecule has 3 heterocycles. The van der Waals surface area contributed by atoms with Gasteiger partial charge >= 0.3 is 0 Å². The van der Waals surface area contributed by atoms with E-state index in [-0.39, 0.29) is 11.7 Å². The highest BCUT2D eigenvalue weighted by molar-refractivity contribution is 5.92. The van der Waals surface area contributed by atoms with E-state index < -0.39 is 0 Å². The van der Waals surface area contributed by atoms with E-state index in [1.165, 1.54) is 12.1 Å². The molecule has 1 aromatic carbocycles. The summed E-state index contributed by atoms with van der Waals surface area (Å²) in [5.41, 5.74) is 2.16. The van der Waals surface area contributed by atoms with Crippen LogP contribution in [0.1, 0.15) is 16.1 Å². The molecule has 3 aromatic rings. The minimum Gasteiger partial charge on any atom is -0.367 e. The van der Waals surface area contributed by atoms with Crippen molar-refractivity contribution in [1.29, 1.82) is 0 Å². The fourth-order valence-corrected chi connectivity index (χ4v) is 3.20. The molecule has 8 heteroatoms. The van der Waals surface area contributed by atoms with Crippen molar-refractivity contribution in [3.63, 3.8) is 0 Å². The SMILES string of the molecule is O=C(NCc1ccc(F)cc1)c1ccc(N2CCN(c3ncccn3)CC2)cn1. The molecule has 1 fully saturated rings. The Bertz CT molecular complexity index is 941. The van der Waals surface area contributed by atoms with Gasteiger partial charge in [-0.15, -0.1) is 0 Å². The van der Waals surface area contributed by atoms with Gasteiger partial charge in [0.1, 0.15) is 11.5 Å². The third-order valence-corrected chi connectivity index (χ3v) is 4.83. The Morgan fingerprint density at radius 1 is 0.931 bits per heavy atom. The zero-order valence-corrected chi connectivity index (χ0v) is 15.8. The zero-order chi connectivity index (χ0) is 20.1. The van der Waals surface area contributed by atoms with E-state index in [9.17, 15) is 9.18 Å². The number of piperazine rings is 1. The predicted molar refractivity (Wildman–Crippen MR) is 108 cm³/mol. The lowest BCUT2D eigenvalue weighted by atomic mass is 10.2. The maximum Gasteiger partial charge on any atom is 0.270 e. The van der Waals surface area contributed by atoms with E-state index in [2.05, 4.69) is 30.1 Å². The number of carbonyl (C=O) groups excluding carboxylic acids is 1. The van der Waals surface area contributed by atoms with E-state index in [1.54, 1.807) is 36.8 Å². The topological polar surface area (TPSA) is 74.2 Å². The molecule has 1 amide bonds. The maximum atomic E-state index is 12.9. The molecule has 1 N–H and O–H groups in total. The maximum absolute atomic E-state index is 12.9. The Kier molecular flexibility index (Phi) is 5.60. The van der Waals surface area contributed by atoms with Gasteiger partial charge in [-0.25, -0.2) is 19.3 Å². The quantitative estimate of drug-likeness (QED) is 0.718. The number of hydrogen-bond donors (Lipinski definition) is 1. The largest absolute Gasteiger partial charge is 0.367 e. The van der Waals surface area contributed by atoms with Gasteiger partial charge in [0.05, 0.1) is 11.9 Å². The Balaban J connectivity index is 1.31. The minimum atomic E-state index is -0.297. The molecule has 1 aliphatic heterocycles. The molecule has 4 rings (SSSR count). The summed E-state index contributed by atoms with van der Waals surface area (Å²) in [6.07, 6.45) is 5.22. The van der Waals surface area contributed by atoms with Crippen molar-refractivity contribution in [3.05, 3.63) is 78.1 Å². The average molecular weight is 392 g/mol. The summed E-state index contributed by atoms with van der Waals surface area (Å²) in [7, 11) is 0. The summed E-state index contributed by atoms with van der Waals surface area (Å²) in [6.45, 7) is 3.63. The minimum absolute atomic E-state index is 0.257. The molecule has 2 aromatic heterocycles. The third-order valence-electron chi connectivity index (χ3n) is 4.83. The van der Waals surface area contributed by atoms with Crippen molar-refractivity contribution >= 4 is 17.5 Å². The van der Waals surface area contributed by atoms with Crippen LogP contribution in [0.3, 0.4) is 0 Å². The third kappa shape index (κ3) is 4.66. The van der Waals surface area contributed by atoms with Gasteiger partial charge in [0.2, 0.25) is 5.95 Å². The Morgan fingerprint density at radius 2 is 1.62 bits per heavy atom. The molecule has 0 bridgehead atoms. The number of benzene rings is 1. The number of carbonyl (C=O) groups is 1. The number of pyridine rings is 1. The fraction of sp³-hybridized carbons (Fsp3) is 0.238. The molecule has 29 heavy (non-hydrogen) atoms. The number of hydrogen-bond acceptors (Lipinski definition) is 6. The average Bonchev–Trinajstić information content (AvgIpc) is 2.79. The van der Waals surface area contributed by atoms with Gasteiger partial charge in [0.25, 0.3) is 5.91 Å². The van der Waals surface area contributed by atoms with Crippen LogP contribution in [0, 0.1) is 5.82 Å². The number of rotatable bonds is 5. The summed E-state index contributed by atoms with van der Waals surface area (Å²) in [5, 5.41) is 2.80. The molecule has 7 nitrogen and oxygen atoms in total. The van der Waals surface area contributed by atoms with Gasteiger partial charge in [0, 0.05) is 45.1 Å². The van der Waals surface area contributed by atoms with Gasteiger partial charge in [-0.1, -0.05) is 12.1 Å². The van der Waals surface area contributed by atoms with E-state index >= 15 is 0 Å². The predicted octanol–water partition coefficient (Wildman–Crippen LogP) is 2.27. The van der Waals surface area contributed by atoms with E-state index in [4.69, 9.17) is 0 Å². The first-order valence-corrected chi connectivity index (χ1v) is 9.45. The van der Waals surface area contributed by atoms with Crippen molar-refractivity contribution in [3.8, 4) is 0 Å². The summed E-state index contributed by atoms with van der Waals surface area (Å²) in [5.74, 6) is 0.194. The Morgan fingerprint density at radius 3 is 2.28 bits per heavy atom. The highest BCUT2D eigenvalue weighted by Crippen LogP contribution is 2.17. The summed E-state index contributed by atoms with van der Waals surface area (Å²) >= 11 is 0. The van der Waals surface area contributed by atoms with Crippen LogP contribution in [-0.2, 0) is 6.54 Å². The van der Waals surface area contributed by atoms with Crippen LogP contribution in [0.2, 0.25) is 0 Å². The van der Waals surface area contributed by atoms with Crippen LogP contribution in [-0.4, -0.2) is 47.0 Å². The van der Waals surface area contributed by atoms with Gasteiger partial charge in [0.15, 0.2) is 0 Å². The second-order valence-electron chi connectivity index (χ2n) is 6.73. The standard InChI is InChI=1S/C21H21FN6O/c22-17-4-2-16(3-5-17)14-26-20(29)19-7-6-18(15-25-19)27-10-12-28(13-11-27)21-23-8-1-9-24-21/h1-9,15H,10-14H2,(H,26,29). The zero-order valence-electron chi connectivity index (χ0n) is 15.8. The summed E-state index contributed by atoms with van der Waals surface area (Å²) in [6, 6.07) is 11.5. The Hall–Kier alpha value is -3.55. The molecule has 1 aliphatic rings. The number of nitrogens with zero attached hydrogens (tertiary/aromatic N) is 5. The first-order valence-electron chi connectivity index (χ1n) is 9.45. The van der Waals surface area contributed by atoms with E-state index in [0.717, 1.165) is 43.4 Å². The van der Waals surface area contributed by atoms with Gasteiger partial charge in [-0.2, -0.15) is 0 Å². The highest BCUT2D eigenvalue weighted by Gasteiger charge is 2.19. The van der Waals surface area contributed by atoms with Crippen LogP contribution in [0.15, 0.2) is 61.1 Å². The Labute approximate surface area is 168 Å². The molecule has 0 spiro atoms. The van der Waals surface area contributed by atoms with Crippen molar-refractivity contribution < 1.29 is 9.18 Å². The molecule has 0 aliphatic carbocycles. The number of amides is 1. The molecule has 148 valence electrons. The molecular formula is C21H21FN6O. The van der Waals surface area contributed by atoms with Crippen LogP contribution in [0.5, 0.6) is 0 Å². The van der Waals surface area contributed by atoms with E-state index in [1.807, 2.05) is 12.1 Å². The van der Waals surface area contributed by atoms with Crippen LogP contribution in [0.25, 0.3) is 0 Å². The normalized spacial score (nSPS) is 14.0. The van der Waals surface area contributed by atoms with Gasteiger partial charge < -0.3 is 15.1 Å². The number of aromatic nitrogens is 3. The van der Waals surface area contributed by atoms with Gasteiger partial charge in [-0.05, 0) is 35.9 Å². The molecule has 1 saturated heterocycles. The first kappa shape index (κ1) is 18.8. The smallest absolute Gasteiger partial charge is 0.270 e. The lowest BCUT2D eigenvalue weighted by Gasteiger charge is -2.35. The highest BCUT2D eigenvalue weighted by atomic mass is 19.1. The van der Waals surface area contributed by atoms with Crippen molar-refractivity contribution in [2.75, 3.05) is 36.0 Å². The second kappa shape index (κ2) is 8.64. The van der Waals surface area contributed by atoms with Crippen LogP contribution in [0.4, 0.5) is 16.0 Å². The fourth-order valence-electron chi connectivity index (χ4n) is 3.20. The molecule has 0 atom stereocenters. The molecular weight excluding hydrogens is 371 g/mol. The van der Waals surface area contributed by atoms with Crippen molar-refractivity contribution in [2.45, 2.75) is 6.54 Å². The lowest BCUT2D eigenvalue weighted by Crippen LogP contribution is -2.47. The molecule has 0 unspecified atom stereocenters. The number of anilines is 2.